The van der Waals surface area contributed by atoms with Crippen LogP contribution in [-0.4, -0.2) is 21.1 Å². The number of hydrogen-bond acceptors (Lipinski definition) is 2. The average Bonchev–Trinajstić information content (AvgIpc) is 2.76. The molecule has 0 radical (unpaired) electrons. The van der Waals surface area contributed by atoms with Crippen LogP contribution in [-0.2, 0) is 6.54 Å². The zero-order chi connectivity index (χ0) is 14.0. The van der Waals surface area contributed by atoms with Crippen LogP contribution in [0.5, 0.6) is 0 Å². The lowest BCUT2D eigenvalue weighted by atomic mass is 10.3. The molecule has 0 amide bonds. The first-order valence-electron chi connectivity index (χ1n) is 6.36. The van der Waals surface area contributed by atoms with Crippen LogP contribution in [0, 0.1) is 0 Å². The molecule has 0 spiro atoms. The number of para-hydroxylation sites is 1. The third kappa shape index (κ3) is 3.21. The molecule has 0 saturated heterocycles. The first-order chi connectivity index (χ1) is 9.04. The molecular formula is C14H18Cl2N2S. The minimum atomic E-state index is -0.118. The normalized spacial score (nSPS) is 14.8. The number of aromatic nitrogens is 2. The lowest BCUT2D eigenvalue weighted by Gasteiger charge is -2.13. The van der Waals surface area contributed by atoms with Gasteiger partial charge in [0.2, 0.25) is 0 Å². The number of thioether (sulfide) groups is 1. The number of benzene rings is 1. The number of hydrogen-bond donors (Lipinski definition) is 0. The molecule has 2 nitrogen and oxygen atoms in total. The van der Waals surface area contributed by atoms with Crippen molar-refractivity contribution in [3.8, 4) is 0 Å². The summed E-state index contributed by atoms with van der Waals surface area (Å²) in [6, 6.07) is 5.82. The van der Waals surface area contributed by atoms with Gasteiger partial charge in [-0.15, -0.1) is 11.6 Å². The third-order valence-corrected chi connectivity index (χ3v) is 4.80. The van der Waals surface area contributed by atoms with Gasteiger partial charge in [0.15, 0.2) is 0 Å². The van der Waals surface area contributed by atoms with E-state index < -0.39 is 0 Å². The van der Waals surface area contributed by atoms with Crippen molar-refractivity contribution < 1.29 is 0 Å². The van der Waals surface area contributed by atoms with E-state index in [1.165, 1.54) is 0 Å². The molecule has 2 aromatic rings. The second kappa shape index (κ2) is 6.38. The summed E-state index contributed by atoms with van der Waals surface area (Å²) >= 11 is 14.4. The van der Waals surface area contributed by atoms with Gasteiger partial charge in [0, 0.05) is 11.8 Å². The summed E-state index contributed by atoms with van der Waals surface area (Å²) in [6.07, 6.45) is 3.21. The van der Waals surface area contributed by atoms with Crippen LogP contribution in [0.4, 0.5) is 0 Å². The highest BCUT2D eigenvalue weighted by molar-refractivity contribution is 7.99. The largest absolute Gasteiger partial charge is 0.325 e. The van der Waals surface area contributed by atoms with E-state index >= 15 is 0 Å². The summed E-state index contributed by atoms with van der Waals surface area (Å²) in [4.78, 5) is 4.62. The van der Waals surface area contributed by atoms with E-state index in [4.69, 9.17) is 23.2 Å². The first kappa shape index (κ1) is 15.0. The number of imidazole rings is 1. The van der Waals surface area contributed by atoms with E-state index in [1.54, 1.807) is 0 Å². The standard InChI is InChI=1S/C14H18Cl2N2S/c1-9(19-3)7-8-18-13-11(16)5-4-6-12(13)17-14(18)10(2)15/h4-6,9-10H,7-8H2,1-3H3. The molecule has 0 aliphatic carbocycles. The number of rotatable bonds is 5. The molecule has 1 aromatic heterocycles. The van der Waals surface area contributed by atoms with Crippen molar-refractivity contribution in [2.45, 2.75) is 37.4 Å². The molecule has 5 heteroatoms. The molecule has 1 aromatic carbocycles. The van der Waals surface area contributed by atoms with Crippen LogP contribution in [0.2, 0.25) is 5.02 Å². The quantitative estimate of drug-likeness (QED) is 0.711. The fourth-order valence-corrected chi connectivity index (χ4v) is 2.90. The number of nitrogens with zero attached hydrogens (tertiary/aromatic N) is 2. The summed E-state index contributed by atoms with van der Waals surface area (Å²) in [7, 11) is 0. The molecule has 2 unspecified atom stereocenters. The van der Waals surface area contributed by atoms with Gasteiger partial charge in [-0.05, 0) is 31.7 Å². The van der Waals surface area contributed by atoms with E-state index in [-0.39, 0.29) is 5.38 Å². The molecule has 2 rings (SSSR count). The van der Waals surface area contributed by atoms with Crippen LogP contribution in [0.25, 0.3) is 11.0 Å². The van der Waals surface area contributed by atoms with Crippen molar-refractivity contribution >= 4 is 46.0 Å². The van der Waals surface area contributed by atoms with Gasteiger partial charge in [-0.1, -0.05) is 24.6 Å². The van der Waals surface area contributed by atoms with Crippen LogP contribution in [0.3, 0.4) is 0 Å². The van der Waals surface area contributed by atoms with Crippen molar-refractivity contribution in [3.05, 3.63) is 29.0 Å². The Labute approximate surface area is 128 Å². The molecule has 0 aliphatic heterocycles. The Morgan fingerprint density at radius 2 is 2.11 bits per heavy atom. The fourth-order valence-electron chi connectivity index (χ4n) is 2.12. The topological polar surface area (TPSA) is 17.8 Å². The zero-order valence-electron chi connectivity index (χ0n) is 11.4. The van der Waals surface area contributed by atoms with Gasteiger partial charge in [-0.2, -0.15) is 11.8 Å². The highest BCUT2D eigenvalue weighted by Crippen LogP contribution is 2.30. The highest BCUT2D eigenvalue weighted by Gasteiger charge is 2.17. The zero-order valence-corrected chi connectivity index (χ0v) is 13.7. The molecule has 1 heterocycles. The maximum Gasteiger partial charge on any atom is 0.127 e. The van der Waals surface area contributed by atoms with Crippen LogP contribution in [0.1, 0.15) is 31.5 Å². The molecule has 0 aliphatic rings. The predicted octanol–water partition coefficient (Wildman–Crippen LogP) is 5.13. The lowest BCUT2D eigenvalue weighted by molar-refractivity contribution is 0.624. The van der Waals surface area contributed by atoms with Gasteiger partial charge >= 0.3 is 0 Å². The molecular weight excluding hydrogens is 299 g/mol. The van der Waals surface area contributed by atoms with Gasteiger partial charge in [0.05, 0.1) is 21.4 Å². The van der Waals surface area contributed by atoms with Crippen molar-refractivity contribution in [2.24, 2.45) is 0 Å². The molecule has 0 fully saturated rings. The van der Waals surface area contributed by atoms with E-state index in [0.29, 0.717) is 5.25 Å². The van der Waals surface area contributed by atoms with Crippen LogP contribution < -0.4 is 0 Å². The summed E-state index contributed by atoms with van der Waals surface area (Å²) < 4.78 is 2.17. The minimum absolute atomic E-state index is 0.118. The molecule has 2 atom stereocenters. The van der Waals surface area contributed by atoms with Crippen molar-refractivity contribution in [3.63, 3.8) is 0 Å². The SMILES string of the molecule is CSC(C)CCn1c(C(C)Cl)nc2cccc(Cl)c21. The smallest absolute Gasteiger partial charge is 0.127 e. The fraction of sp³-hybridized carbons (Fsp3) is 0.500. The first-order valence-corrected chi connectivity index (χ1v) is 8.46. The Bertz CT molecular complexity index is 566. The summed E-state index contributed by atoms with van der Waals surface area (Å²) in [6.45, 7) is 5.08. The number of alkyl halides is 1. The van der Waals surface area contributed by atoms with Crippen molar-refractivity contribution in [1.82, 2.24) is 9.55 Å². The minimum Gasteiger partial charge on any atom is -0.325 e. The molecule has 0 N–H and O–H groups in total. The van der Waals surface area contributed by atoms with Gasteiger partial charge in [-0.25, -0.2) is 4.98 Å². The summed E-state index contributed by atoms with van der Waals surface area (Å²) in [5.41, 5.74) is 1.92. The van der Waals surface area contributed by atoms with Gasteiger partial charge in [0.25, 0.3) is 0 Å². The second-order valence-electron chi connectivity index (χ2n) is 4.68. The van der Waals surface area contributed by atoms with E-state index in [9.17, 15) is 0 Å². The van der Waals surface area contributed by atoms with Gasteiger partial charge < -0.3 is 4.57 Å². The maximum atomic E-state index is 6.32. The van der Waals surface area contributed by atoms with Crippen molar-refractivity contribution in [1.29, 1.82) is 0 Å². The van der Waals surface area contributed by atoms with E-state index in [1.807, 2.05) is 36.9 Å². The van der Waals surface area contributed by atoms with Gasteiger partial charge in [-0.3, -0.25) is 0 Å². The number of fused-ring (bicyclic) bond motifs is 1. The Balaban J connectivity index is 2.45. The van der Waals surface area contributed by atoms with Crippen LogP contribution >= 0.6 is 35.0 Å². The molecule has 0 bridgehead atoms. The Morgan fingerprint density at radius 1 is 1.37 bits per heavy atom. The van der Waals surface area contributed by atoms with E-state index in [2.05, 4.69) is 22.7 Å². The highest BCUT2D eigenvalue weighted by atomic mass is 35.5. The van der Waals surface area contributed by atoms with Crippen LogP contribution in [0.15, 0.2) is 18.2 Å². The van der Waals surface area contributed by atoms with E-state index in [0.717, 1.165) is 34.8 Å². The lowest BCUT2D eigenvalue weighted by Crippen LogP contribution is -2.09. The maximum absolute atomic E-state index is 6.32. The summed E-state index contributed by atoms with van der Waals surface area (Å²) in [5, 5.41) is 1.23. The Kier molecular flexibility index (Phi) is 5.04. The summed E-state index contributed by atoms with van der Waals surface area (Å²) in [5.74, 6) is 0.901. The molecule has 104 valence electrons. The van der Waals surface area contributed by atoms with Gasteiger partial charge in [0.1, 0.15) is 5.82 Å². The molecule has 0 saturated carbocycles. The number of halogens is 2. The Hall–Kier alpha value is -0.380. The second-order valence-corrected chi connectivity index (χ2v) is 7.02. The van der Waals surface area contributed by atoms with Crippen molar-refractivity contribution in [2.75, 3.05) is 6.26 Å². The average molecular weight is 317 g/mol. The third-order valence-electron chi connectivity index (χ3n) is 3.26. The number of aryl methyl sites for hydroxylation is 1. The molecule has 19 heavy (non-hydrogen) atoms. The monoisotopic (exact) mass is 316 g/mol. The Morgan fingerprint density at radius 3 is 2.74 bits per heavy atom. The predicted molar refractivity (Wildman–Crippen MR) is 86.6 cm³/mol.